The Labute approximate surface area is 117 Å². The summed E-state index contributed by atoms with van der Waals surface area (Å²) in [6.07, 6.45) is 1.48. The molecule has 2 N–H and O–H groups in total. The predicted molar refractivity (Wildman–Crippen MR) is 76.6 cm³/mol. The van der Waals surface area contributed by atoms with Gasteiger partial charge in [-0.25, -0.2) is 4.68 Å². The van der Waals surface area contributed by atoms with Gasteiger partial charge in [0, 0.05) is 20.7 Å². The molecule has 3 aromatic rings. The van der Waals surface area contributed by atoms with Gasteiger partial charge in [-0.2, -0.15) is 0 Å². The molecule has 7 heteroatoms. The van der Waals surface area contributed by atoms with Gasteiger partial charge >= 0.3 is 0 Å². The van der Waals surface area contributed by atoms with Gasteiger partial charge in [-0.15, -0.1) is 21.5 Å². The van der Waals surface area contributed by atoms with E-state index >= 15 is 0 Å². The van der Waals surface area contributed by atoms with Gasteiger partial charge in [0.1, 0.15) is 6.33 Å². The Kier molecular flexibility index (Phi) is 3.15. The maximum Gasteiger partial charge on any atom is 0.209 e. The van der Waals surface area contributed by atoms with Gasteiger partial charge in [-0.1, -0.05) is 41.6 Å². The van der Waals surface area contributed by atoms with Gasteiger partial charge in [0.2, 0.25) is 5.16 Å². The monoisotopic (exact) mass is 296 g/mol. The summed E-state index contributed by atoms with van der Waals surface area (Å²) in [5.41, 5.74) is 0. The second kappa shape index (κ2) is 4.79. The number of benzene rings is 1. The molecule has 0 saturated carbocycles. The fraction of sp³-hybridized carbons (Fsp3) is 0.0909. The molecule has 4 nitrogen and oxygen atoms in total. The minimum absolute atomic E-state index is 0.684. The van der Waals surface area contributed by atoms with Crippen molar-refractivity contribution in [2.45, 2.75) is 10.9 Å². The Morgan fingerprint density at radius 3 is 2.94 bits per heavy atom. The first-order valence-electron chi connectivity index (χ1n) is 5.19. The second-order valence-electron chi connectivity index (χ2n) is 3.64. The van der Waals surface area contributed by atoms with E-state index in [0.29, 0.717) is 5.16 Å². The van der Waals surface area contributed by atoms with E-state index in [9.17, 15) is 0 Å². The van der Waals surface area contributed by atoms with Crippen LogP contribution in [-0.2, 0) is 5.75 Å². The summed E-state index contributed by atoms with van der Waals surface area (Å²) in [6, 6.07) is 8.12. The van der Waals surface area contributed by atoms with Gasteiger partial charge in [-0.05, 0) is 6.07 Å². The number of fused-ring (bicyclic) bond motifs is 1. The van der Waals surface area contributed by atoms with Crippen LogP contribution in [-0.4, -0.2) is 14.9 Å². The predicted octanol–water partition coefficient (Wildman–Crippen LogP) is 3.15. The zero-order valence-corrected chi connectivity index (χ0v) is 11.6. The lowest BCUT2D eigenvalue weighted by Gasteiger charge is -1.98. The maximum absolute atomic E-state index is 6.36. The van der Waals surface area contributed by atoms with Crippen molar-refractivity contribution < 1.29 is 0 Å². The number of aromatic nitrogens is 3. The molecule has 3 rings (SSSR count). The first kappa shape index (κ1) is 11.8. The van der Waals surface area contributed by atoms with Gasteiger partial charge in [0.25, 0.3) is 0 Å². The molecule has 2 aromatic heterocycles. The standard InChI is InChI=1S/C11H9ClN4S2/c12-10-7-3-1-2-4-8(7)18-9(10)5-17-11-15-14-6-16(11)13/h1-4,6H,5,13H2. The third-order valence-electron chi connectivity index (χ3n) is 2.47. The van der Waals surface area contributed by atoms with Crippen molar-refractivity contribution in [3.8, 4) is 0 Å². The van der Waals surface area contributed by atoms with Crippen LogP contribution in [0.15, 0.2) is 35.7 Å². The number of nitrogen functional groups attached to an aromatic ring is 1. The molecular formula is C11H9ClN4S2. The van der Waals surface area contributed by atoms with Crippen LogP contribution in [0.2, 0.25) is 5.02 Å². The molecule has 0 aliphatic carbocycles. The Hall–Kier alpha value is -1.24. The van der Waals surface area contributed by atoms with Gasteiger partial charge in [-0.3, -0.25) is 0 Å². The number of nitrogens with zero attached hydrogens (tertiary/aromatic N) is 3. The maximum atomic E-state index is 6.36. The number of hydrogen-bond acceptors (Lipinski definition) is 5. The van der Waals surface area contributed by atoms with Crippen molar-refractivity contribution in [1.82, 2.24) is 14.9 Å². The molecule has 92 valence electrons. The number of nitrogens with two attached hydrogens (primary N) is 1. The minimum Gasteiger partial charge on any atom is -0.336 e. The Morgan fingerprint density at radius 1 is 1.39 bits per heavy atom. The molecule has 0 fully saturated rings. The van der Waals surface area contributed by atoms with Crippen LogP contribution in [0.1, 0.15) is 4.88 Å². The summed E-state index contributed by atoms with van der Waals surface area (Å²) in [7, 11) is 0. The highest BCUT2D eigenvalue weighted by molar-refractivity contribution is 7.98. The summed E-state index contributed by atoms with van der Waals surface area (Å²) in [5, 5.41) is 10.3. The van der Waals surface area contributed by atoms with Crippen LogP contribution in [0.25, 0.3) is 10.1 Å². The molecule has 0 bridgehead atoms. The van der Waals surface area contributed by atoms with Crippen molar-refractivity contribution in [1.29, 1.82) is 0 Å². The lowest BCUT2D eigenvalue weighted by molar-refractivity contribution is 0.846. The largest absolute Gasteiger partial charge is 0.336 e. The lowest BCUT2D eigenvalue weighted by atomic mass is 10.2. The van der Waals surface area contributed by atoms with E-state index in [0.717, 1.165) is 21.0 Å². The zero-order valence-electron chi connectivity index (χ0n) is 9.21. The highest BCUT2D eigenvalue weighted by atomic mass is 35.5. The van der Waals surface area contributed by atoms with Crippen LogP contribution in [0, 0.1) is 0 Å². The lowest BCUT2D eigenvalue weighted by Crippen LogP contribution is -2.07. The normalized spacial score (nSPS) is 11.2. The average molecular weight is 297 g/mol. The number of thiophene rings is 1. The summed E-state index contributed by atoms with van der Waals surface area (Å²) in [4.78, 5) is 1.13. The van der Waals surface area contributed by atoms with Gasteiger partial charge in [0.15, 0.2) is 0 Å². The number of halogens is 1. The van der Waals surface area contributed by atoms with Crippen LogP contribution >= 0.6 is 34.7 Å². The van der Waals surface area contributed by atoms with E-state index in [-0.39, 0.29) is 0 Å². The number of rotatable bonds is 3. The van der Waals surface area contributed by atoms with Crippen molar-refractivity contribution in [3.05, 3.63) is 40.5 Å². The number of thioether (sulfide) groups is 1. The van der Waals surface area contributed by atoms with Crippen molar-refractivity contribution in [2.75, 3.05) is 5.84 Å². The molecule has 1 aromatic carbocycles. The van der Waals surface area contributed by atoms with Crippen LogP contribution in [0.3, 0.4) is 0 Å². The molecule has 0 unspecified atom stereocenters. The van der Waals surface area contributed by atoms with E-state index in [4.69, 9.17) is 17.4 Å². The molecule has 0 aliphatic heterocycles. The Balaban J connectivity index is 1.87. The summed E-state index contributed by atoms with van der Waals surface area (Å²) >= 11 is 9.59. The van der Waals surface area contributed by atoms with Gasteiger partial charge in [0.05, 0.1) is 5.02 Å². The summed E-state index contributed by atoms with van der Waals surface area (Å²) in [6.45, 7) is 0. The fourth-order valence-corrected chi connectivity index (χ4v) is 4.12. The quantitative estimate of drug-likeness (QED) is 0.596. The second-order valence-corrected chi connectivity index (χ2v) is 6.10. The Bertz CT molecular complexity index is 691. The molecule has 0 saturated heterocycles. The smallest absolute Gasteiger partial charge is 0.209 e. The molecule has 0 aliphatic rings. The first-order chi connectivity index (χ1) is 8.75. The average Bonchev–Trinajstić information content (AvgIpc) is 2.92. The third kappa shape index (κ3) is 2.07. The van der Waals surface area contributed by atoms with E-state index in [1.807, 2.05) is 18.2 Å². The van der Waals surface area contributed by atoms with Crippen LogP contribution in [0.5, 0.6) is 0 Å². The molecule has 0 amide bonds. The van der Waals surface area contributed by atoms with Crippen molar-refractivity contribution in [2.24, 2.45) is 0 Å². The first-order valence-corrected chi connectivity index (χ1v) is 7.37. The Morgan fingerprint density at radius 2 is 2.22 bits per heavy atom. The zero-order chi connectivity index (χ0) is 12.5. The molecule has 2 heterocycles. The van der Waals surface area contributed by atoms with E-state index < -0.39 is 0 Å². The van der Waals surface area contributed by atoms with Crippen molar-refractivity contribution in [3.63, 3.8) is 0 Å². The van der Waals surface area contributed by atoms with E-state index in [1.54, 1.807) is 11.3 Å². The molecule has 18 heavy (non-hydrogen) atoms. The summed E-state index contributed by atoms with van der Waals surface area (Å²) < 4.78 is 2.61. The summed E-state index contributed by atoms with van der Waals surface area (Å²) in [5.74, 6) is 6.40. The molecule has 0 radical (unpaired) electrons. The highest BCUT2D eigenvalue weighted by Gasteiger charge is 2.11. The minimum atomic E-state index is 0.684. The fourth-order valence-electron chi connectivity index (χ4n) is 1.62. The van der Waals surface area contributed by atoms with Gasteiger partial charge < -0.3 is 5.84 Å². The molecule has 0 spiro atoms. The van der Waals surface area contributed by atoms with Crippen molar-refractivity contribution >= 4 is 44.8 Å². The number of hydrogen-bond donors (Lipinski definition) is 1. The van der Waals surface area contributed by atoms with Crippen LogP contribution < -0.4 is 5.84 Å². The molecular weight excluding hydrogens is 288 g/mol. The highest BCUT2D eigenvalue weighted by Crippen LogP contribution is 2.38. The third-order valence-corrected chi connectivity index (χ3v) is 5.36. The molecule has 0 atom stereocenters. The van der Waals surface area contributed by atoms with E-state index in [1.165, 1.54) is 27.5 Å². The SMILES string of the molecule is Nn1cnnc1SCc1sc2ccccc2c1Cl. The van der Waals surface area contributed by atoms with Crippen LogP contribution in [0.4, 0.5) is 0 Å². The van der Waals surface area contributed by atoms with E-state index in [2.05, 4.69) is 16.3 Å². The topological polar surface area (TPSA) is 56.7 Å².